The van der Waals surface area contributed by atoms with E-state index in [1.807, 2.05) is 18.0 Å². The highest BCUT2D eigenvalue weighted by atomic mass is 35.5. The molecule has 0 saturated heterocycles. The molecule has 0 fully saturated rings. The number of methoxy groups -OCH3 is 1. The summed E-state index contributed by atoms with van der Waals surface area (Å²) in [5.41, 5.74) is 1.48. The van der Waals surface area contributed by atoms with Crippen LogP contribution in [-0.2, 0) is 7.05 Å². The summed E-state index contributed by atoms with van der Waals surface area (Å²) in [5.74, 6) is 1.22. The third-order valence-corrected chi connectivity index (χ3v) is 5.33. The van der Waals surface area contributed by atoms with Crippen molar-refractivity contribution in [1.82, 2.24) is 9.55 Å². The number of ether oxygens (including phenoxy) is 1. The van der Waals surface area contributed by atoms with E-state index in [4.69, 9.17) is 16.3 Å². The van der Waals surface area contributed by atoms with Crippen molar-refractivity contribution in [3.05, 3.63) is 63.7 Å². The Bertz CT molecular complexity index is 1090. The first-order valence-corrected chi connectivity index (χ1v) is 9.14. The molecule has 7 nitrogen and oxygen atoms in total. The van der Waals surface area contributed by atoms with Crippen molar-refractivity contribution in [2.45, 2.75) is 6.04 Å². The molecule has 28 heavy (non-hydrogen) atoms. The Hall–Kier alpha value is -3.06. The van der Waals surface area contributed by atoms with Crippen LogP contribution in [0.2, 0.25) is 5.15 Å². The molecule has 0 radical (unpaired) electrons. The molecule has 3 aromatic rings. The Morgan fingerprint density at radius 2 is 1.96 bits per heavy atom. The molecule has 1 unspecified atom stereocenters. The summed E-state index contributed by atoms with van der Waals surface area (Å²) < 4.78 is 8.51. The second-order valence-electron chi connectivity index (χ2n) is 6.77. The number of hydrogen-bond donors (Lipinski definition) is 1. The molecule has 2 aromatic heterocycles. The fraction of sp³-hybridized carbons (Fsp3) is 0.250. The van der Waals surface area contributed by atoms with Gasteiger partial charge in [0.1, 0.15) is 29.1 Å². The first-order valence-electron chi connectivity index (χ1n) is 8.77. The molecule has 1 aliphatic rings. The molecular formula is C20H20ClN4O3+. The van der Waals surface area contributed by atoms with Crippen molar-refractivity contribution in [1.29, 1.82) is 0 Å². The van der Waals surface area contributed by atoms with E-state index in [1.54, 1.807) is 59.8 Å². The lowest BCUT2D eigenvalue weighted by molar-refractivity contribution is -0.668. The molecular weight excluding hydrogens is 380 g/mol. The topological polar surface area (TPSA) is 71.5 Å². The standard InChI is InChI=1S/C20H19ClN4O3/c1-23-11-15(13-6-9-16(21)22-10-13)25-19(27)17(18(26)24(2)20(23)25)12-4-7-14(28-3)8-5-12/h4-10,15H,11H2,1-3H3/p+1. The Kier molecular flexibility index (Phi) is 4.47. The zero-order valence-corrected chi connectivity index (χ0v) is 16.5. The van der Waals surface area contributed by atoms with Crippen LogP contribution in [-0.4, -0.2) is 35.4 Å². The zero-order valence-electron chi connectivity index (χ0n) is 15.8. The predicted octanol–water partition coefficient (Wildman–Crippen LogP) is 2.14. The van der Waals surface area contributed by atoms with Crippen LogP contribution in [0, 0.1) is 0 Å². The second kappa shape index (κ2) is 6.83. The SMILES string of the molecule is COc1ccc(-c2c(O)[n+](C)c3n(c2=O)C(c2ccc(Cl)nc2)CN3C)cc1. The maximum absolute atomic E-state index is 13.5. The van der Waals surface area contributed by atoms with Gasteiger partial charge in [0, 0.05) is 11.8 Å². The van der Waals surface area contributed by atoms with Gasteiger partial charge in [0.25, 0.3) is 5.88 Å². The fourth-order valence-corrected chi connectivity index (χ4v) is 3.84. The van der Waals surface area contributed by atoms with Gasteiger partial charge >= 0.3 is 11.5 Å². The summed E-state index contributed by atoms with van der Waals surface area (Å²) in [4.78, 5) is 19.6. The van der Waals surface area contributed by atoms with Crippen LogP contribution in [0.25, 0.3) is 11.1 Å². The molecule has 1 atom stereocenters. The van der Waals surface area contributed by atoms with Gasteiger partial charge in [0.15, 0.2) is 0 Å². The van der Waals surface area contributed by atoms with E-state index >= 15 is 0 Å². The van der Waals surface area contributed by atoms with Gasteiger partial charge in [-0.15, -0.1) is 0 Å². The van der Waals surface area contributed by atoms with Crippen LogP contribution in [0.15, 0.2) is 47.4 Å². The molecule has 0 spiro atoms. The first-order chi connectivity index (χ1) is 13.4. The van der Waals surface area contributed by atoms with Gasteiger partial charge < -0.3 is 9.84 Å². The summed E-state index contributed by atoms with van der Waals surface area (Å²) in [6, 6.07) is 10.4. The molecule has 4 rings (SSSR count). The monoisotopic (exact) mass is 399 g/mol. The molecule has 0 amide bonds. The smallest absolute Gasteiger partial charge is 0.365 e. The minimum absolute atomic E-state index is 0.0804. The summed E-state index contributed by atoms with van der Waals surface area (Å²) in [6.07, 6.45) is 1.68. The average molecular weight is 400 g/mol. The quantitative estimate of drug-likeness (QED) is 0.539. The molecule has 3 heterocycles. The van der Waals surface area contributed by atoms with Crippen LogP contribution in [0.5, 0.6) is 11.6 Å². The number of anilines is 1. The molecule has 0 saturated carbocycles. The van der Waals surface area contributed by atoms with Gasteiger partial charge in [-0.3, -0.25) is 4.90 Å². The highest BCUT2D eigenvalue weighted by Gasteiger charge is 2.41. The normalized spacial score (nSPS) is 15.6. The summed E-state index contributed by atoms with van der Waals surface area (Å²) in [7, 11) is 5.21. The van der Waals surface area contributed by atoms with Crippen molar-refractivity contribution >= 4 is 17.5 Å². The Balaban J connectivity index is 1.94. The van der Waals surface area contributed by atoms with E-state index in [0.29, 0.717) is 29.0 Å². The third kappa shape index (κ3) is 2.79. The third-order valence-electron chi connectivity index (χ3n) is 5.10. The summed E-state index contributed by atoms with van der Waals surface area (Å²) in [5, 5.41) is 11.2. The number of rotatable bonds is 3. The van der Waals surface area contributed by atoms with E-state index in [-0.39, 0.29) is 23.0 Å². The zero-order chi connectivity index (χ0) is 20.0. The minimum atomic E-state index is -0.264. The van der Waals surface area contributed by atoms with E-state index in [2.05, 4.69) is 4.98 Å². The number of aromatic nitrogens is 3. The van der Waals surface area contributed by atoms with Crippen molar-refractivity contribution in [2.75, 3.05) is 25.6 Å². The average Bonchev–Trinajstić information content (AvgIpc) is 3.05. The maximum atomic E-state index is 13.5. The van der Waals surface area contributed by atoms with Crippen LogP contribution in [0.3, 0.4) is 0 Å². The molecule has 1 N–H and O–H groups in total. The summed E-state index contributed by atoms with van der Waals surface area (Å²) in [6.45, 7) is 0.581. The number of likely N-dealkylation sites (N-methyl/N-ethyl adjacent to an activating group) is 1. The lowest BCUT2D eigenvalue weighted by Gasteiger charge is -2.13. The van der Waals surface area contributed by atoms with Crippen LogP contribution >= 0.6 is 11.6 Å². The maximum Gasteiger partial charge on any atom is 0.365 e. The minimum Gasteiger partial charge on any atom is -0.497 e. The van der Waals surface area contributed by atoms with Crippen LogP contribution < -0.4 is 19.8 Å². The molecule has 144 valence electrons. The van der Waals surface area contributed by atoms with Crippen molar-refractivity contribution < 1.29 is 14.4 Å². The van der Waals surface area contributed by atoms with Crippen molar-refractivity contribution in [3.8, 4) is 22.8 Å². The van der Waals surface area contributed by atoms with Gasteiger partial charge in [-0.25, -0.2) is 14.3 Å². The number of benzene rings is 1. The Morgan fingerprint density at radius 1 is 1.25 bits per heavy atom. The largest absolute Gasteiger partial charge is 0.497 e. The number of hydrogen-bond acceptors (Lipinski definition) is 5. The number of nitrogens with zero attached hydrogens (tertiary/aromatic N) is 4. The Morgan fingerprint density at radius 3 is 2.57 bits per heavy atom. The van der Waals surface area contributed by atoms with Crippen molar-refractivity contribution in [3.63, 3.8) is 0 Å². The lowest BCUT2D eigenvalue weighted by atomic mass is 10.1. The van der Waals surface area contributed by atoms with Gasteiger partial charge in [-0.05, 0) is 23.8 Å². The summed E-state index contributed by atoms with van der Waals surface area (Å²) >= 11 is 5.92. The van der Waals surface area contributed by atoms with E-state index in [9.17, 15) is 9.90 Å². The van der Waals surface area contributed by atoms with E-state index in [1.165, 1.54) is 0 Å². The first kappa shape index (κ1) is 18.3. The molecule has 1 aromatic carbocycles. The molecule has 0 aliphatic carbocycles. The van der Waals surface area contributed by atoms with Gasteiger partial charge in [-0.2, -0.15) is 4.57 Å². The second-order valence-corrected chi connectivity index (χ2v) is 7.16. The highest BCUT2D eigenvalue weighted by Crippen LogP contribution is 2.33. The van der Waals surface area contributed by atoms with Gasteiger partial charge in [0.05, 0.1) is 21.2 Å². The highest BCUT2D eigenvalue weighted by molar-refractivity contribution is 6.29. The van der Waals surface area contributed by atoms with E-state index < -0.39 is 0 Å². The lowest BCUT2D eigenvalue weighted by Crippen LogP contribution is -2.41. The number of halogens is 1. The molecule has 1 aliphatic heterocycles. The van der Waals surface area contributed by atoms with Crippen LogP contribution in [0.4, 0.5) is 5.95 Å². The molecule has 8 heteroatoms. The van der Waals surface area contributed by atoms with Crippen LogP contribution in [0.1, 0.15) is 11.6 Å². The number of fused-ring (bicyclic) bond motifs is 1. The fourth-order valence-electron chi connectivity index (χ4n) is 3.72. The number of aromatic hydroxyl groups is 1. The predicted molar refractivity (Wildman–Crippen MR) is 106 cm³/mol. The van der Waals surface area contributed by atoms with Crippen molar-refractivity contribution in [2.24, 2.45) is 7.05 Å². The van der Waals surface area contributed by atoms with Gasteiger partial charge in [0.2, 0.25) is 0 Å². The van der Waals surface area contributed by atoms with Gasteiger partial charge in [-0.1, -0.05) is 29.8 Å². The molecule has 0 bridgehead atoms. The van der Waals surface area contributed by atoms with E-state index in [0.717, 1.165) is 5.56 Å². The Labute approximate surface area is 167 Å². The number of pyridine rings is 1.